The monoisotopic (exact) mass is 478 g/mol. The molecule has 0 amide bonds. The van der Waals surface area contributed by atoms with Crippen molar-refractivity contribution in [3.63, 3.8) is 0 Å². The summed E-state index contributed by atoms with van der Waals surface area (Å²) in [7, 11) is 1.97. The molecule has 0 bridgehead atoms. The molecule has 0 radical (unpaired) electrons. The molecule has 2 fully saturated rings. The highest BCUT2D eigenvalue weighted by Gasteiger charge is 2.27. The van der Waals surface area contributed by atoms with Gasteiger partial charge < -0.3 is 29.3 Å². The SMILES string of the molecule is C[C@H]1COCCN1c1nc(N2CCOC[C@@H]2C)c2ccc(-c3cccc(N(C)CCO)c3)nc2n1. The van der Waals surface area contributed by atoms with E-state index in [2.05, 4.69) is 41.8 Å². The molecule has 4 heterocycles. The Morgan fingerprint density at radius 2 is 1.71 bits per heavy atom. The lowest BCUT2D eigenvalue weighted by atomic mass is 10.1. The molecule has 1 N–H and O–H groups in total. The van der Waals surface area contributed by atoms with E-state index in [1.54, 1.807) is 0 Å². The summed E-state index contributed by atoms with van der Waals surface area (Å²) in [6, 6.07) is 12.8. The first-order valence-electron chi connectivity index (χ1n) is 12.3. The van der Waals surface area contributed by atoms with Crippen LogP contribution >= 0.6 is 0 Å². The molecule has 0 spiro atoms. The van der Waals surface area contributed by atoms with Crippen LogP contribution in [0.2, 0.25) is 0 Å². The molecule has 5 rings (SSSR count). The van der Waals surface area contributed by atoms with Crippen molar-refractivity contribution in [2.24, 2.45) is 0 Å². The molecule has 0 unspecified atom stereocenters. The first-order chi connectivity index (χ1) is 17.0. The molecule has 2 atom stereocenters. The van der Waals surface area contributed by atoms with Crippen LogP contribution in [0.4, 0.5) is 17.5 Å². The summed E-state index contributed by atoms with van der Waals surface area (Å²) in [5.41, 5.74) is 3.59. The number of aromatic nitrogens is 3. The van der Waals surface area contributed by atoms with E-state index in [4.69, 9.17) is 24.4 Å². The van der Waals surface area contributed by atoms with Crippen molar-refractivity contribution in [3.8, 4) is 11.3 Å². The maximum atomic E-state index is 9.32. The predicted octanol–water partition coefficient (Wildman–Crippen LogP) is 2.57. The maximum absolute atomic E-state index is 9.32. The minimum Gasteiger partial charge on any atom is -0.395 e. The number of rotatable bonds is 6. The Kier molecular flexibility index (Phi) is 6.99. The zero-order valence-corrected chi connectivity index (χ0v) is 20.7. The summed E-state index contributed by atoms with van der Waals surface area (Å²) in [6.07, 6.45) is 0. The van der Waals surface area contributed by atoms with Crippen LogP contribution in [0, 0.1) is 0 Å². The average Bonchev–Trinajstić information content (AvgIpc) is 2.88. The second-order valence-electron chi connectivity index (χ2n) is 9.35. The van der Waals surface area contributed by atoms with Gasteiger partial charge in [-0.15, -0.1) is 0 Å². The Morgan fingerprint density at radius 3 is 2.43 bits per heavy atom. The third-order valence-corrected chi connectivity index (χ3v) is 6.81. The second-order valence-corrected chi connectivity index (χ2v) is 9.35. The first kappa shape index (κ1) is 23.7. The Hall–Kier alpha value is -3.01. The molecule has 0 saturated carbocycles. The number of benzene rings is 1. The van der Waals surface area contributed by atoms with Gasteiger partial charge in [0, 0.05) is 37.9 Å². The summed E-state index contributed by atoms with van der Waals surface area (Å²) < 4.78 is 11.3. The van der Waals surface area contributed by atoms with Crippen molar-refractivity contribution < 1.29 is 14.6 Å². The quantitative estimate of drug-likeness (QED) is 0.574. The van der Waals surface area contributed by atoms with Gasteiger partial charge in [-0.25, -0.2) is 4.98 Å². The van der Waals surface area contributed by atoms with Crippen LogP contribution in [-0.2, 0) is 9.47 Å². The molecule has 186 valence electrons. The number of likely N-dealkylation sites (N-methyl/N-ethyl adjacent to an activating group) is 1. The van der Waals surface area contributed by atoms with Crippen LogP contribution in [0.25, 0.3) is 22.3 Å². The van der Waals surface area contributed by atoms with E-state index in [0.29, 0.717) is 44.6 Å². The average molecular weight is 479 g/mol. The predicted molar refractivity (Wildman–Crippen MR) is 138 cm³/mol. The molecular weight excluding hydrogens is 444 g/mol. The summed E-state index contributed by atoms with van der Waals surface area (Å²) in [5.74, 6) is 1.61. The fourth-order valence-corrected chi connectivity index (χ4v) is 4.74. The van der Waals surface area contributed by atoms with Crippen LogP contribution in [0.5, 0.6) is 0 Å². The molecule has 2 saturated heterocycles. The summed E-state index contributed by atoms with van der Waals surface area (Å²) in [6.45, 7) is 9.20. The van der Waals surface area contributed by atoms with Crippen LogP contribution in [-0.4, -0.2) is 91.9 Å². The smallest absolute Gasteiger partial charge is 0.229 e. The van der Waals surface area contributed by atoms with Gasteiger partial charge in [0.15, 0.2) is 5.65 Å². The molecular formula is C26H34N6O3. The normalized spacial score (nSPS) is 20.9. The van der Waals surface area contributed by atoms with Crippen LogP contribution < -0.4 is 14.7 Å². The standard InChI is InChI=1S/C26H34N6O3/c1-18-16-34-13-10-31(18)25-22-7-8-23(20-5-4-6-21(15-20)30(3)9-12-33)27-24(22)28-26(29-25)32-11-14-35-17-19(32)2/h4-8,15,18-19,33H,9-14,16-17H2,1-3H3/t18-,19-/m0/s1. The number of fused-ring (bicyclic) bond motifs is 1. The fraction of sp³-hybridized carbons (Fsp3) is 0.500. The Labute approximate surface area is 206 Å². The van der Waals surface area contributed by atoms with Crippen molar-refractivity contribution in [1.29, 1.82) is 0 Å². The van der Waals surface area contributed by atoms with E-state index >= 15 is 0 Å². The number of aliphatic hydroxyl groups is 1. The molecule has 0 aliphatic carbocycles. The highest BCUT2D eigenvalue weighted by Crippen LogP contribution is 2.32. The number of pyridine rings is 1. The van der Waals surface area contributed by atoms with Crippen molar-refractivity contribution in [1.82, 2.24) is 15.0 Å². The number of nitrogens with zero attached hydrogens (tertiary/aromatic N) is 6. The van der Waals surface area contributed by atoms with Crippen LogP contribution in [0.3, 0.4) is 0 Å². The highest BCUT2D eigenvalue weighted by atomic mass is 16.5. The number of aliphatic hydroxyl groups excluding tert-OH is 1. The van der Waals surface area contributed by atoms with Crippen LogP contribution in [0.1, 0.15) is 13.8 Å². The number of hydrogen-bond acceptors (Lipinski definition) is 9. The molecule has 2 aromatic heterocycles. The largest absolute Gasteiger partial charge is 0.395 e. The van der Waals surface area contributed by atoms with Gasteiger partial charge in [0.25, 0.3) is 0 Å². The zero-order valence-electron chi connectivity index (χ0n) is 20.7. The van der Waals surface area contributed by atoms with E-state index < -0.39 is 0 Å². The number of ether oxygens (including phenoxy) is 2. The van der Waals surface area contributed by atoms with Crippen molar-refractivity contribution in [3.05, 3.63) is 36.4 Å². The van der Waals surface area contributed by atoms with Gasteiger partial charge in [0.05, 0.1) is 56.2 Å². The van der Waals surface area contributed by atoms with Gasteiger partial charge in [-0.3, -0.25) is 0 Å². The molecule has 2 aliphatic rings. The van der Waals surface area contributed by atoms with Crippen molar-refractivity contribution in [2.75, 3.05) is 74.4 Å². The Bertz CT molecular complexity index is 1180. The topological polar surface area (TPSA) is 87.1 Å². The minimum absolute atomic E-state index is 0.108. The number of morpholine rings is 2. The van der Waals surface area contributed by atoms with Crippen molar-refractivity contribution >= 4 is 28.5 Å². The second kappa shape index (κ2) is 10.3. The summed E-state index contributed by atoms with van der Waals surface area (Å²) >= 11 is 0. The van der Waals surface area contributed by atoms with Gasteiger partial charge in [0.2, 0.25) is 5.95 Å². The third kappa shape index (κ3) is 4.89. The number of anilines is 3. The van der Waals surface area contributed by atoms with Gasteiger partial charge in [0.1, 0.15) is 5.82 Å². The van der Waals surface area contributed by atoms with E-state index in [-0.39, 0.29) is 18.7 Å². The summed E-state index contributed by atoms with van der Waals surface area (Å²) in [4.78, 5) is 21.6. The minimum atomic E-state index is 0.108. The maximum Gasteiger partial charge on any atom is 0.229 e. The van der Waals surface area contributed by atoms with Crippen molar-refractivity contribution in [2.45, 2.75) is 25.9 Å². The van der Waals surface area contributed by atoms with Gasteiger partial charge >= 0.3 is 0 Å². The molecule has 2 aliphatic heterocycles. The molecule has 3 aromatic rings. The summed E-state index contributed by atoms with van der Waals surface area (Å²) in [5, 5.41) is 10.3. The lowest BCUT2D eigenvalue weighted by Gasteiger charge is -2.37. The lowest BCUT2D eigenvalue weighted by Crippen LogP contribution is -2.46. The Balaban J connectivity index is 1.60. The van der Waals surface area contributed by atoms with E-state index in [1.807, 2.05) is 30.1 Å². The molecule has 9 heteroatoms. The molecule has 35 heavy (non-hydrogen) atoms. The zero-order chi connectivity index (χ0) is 24.4. The van der Waals surface area contributed by atoms with E-state index in [9.17, 15) is 5.11 Å². The Morgan fingerprint density at radius 1 is 0.971 bits per heavy atom. The van der Waals surface area contributed by atoms with Gasteiger partial charge in [-0.1, -0.05) is 12.1 Å². The lowest BCUT2D eigenvalue weighted by molar-refractivity contribution is 0.0973. The first-order valence-corrected chi connectivity index (χ1v) is 12.3. The van der Waals surface area contributed by atoms with E-state index in [0.717, 1.165) is 41.2 Å². The van der Waals surface area contributed by atoms with E-state index in [1.165, 1.54) is 0 Å². The fourth-order valence-electron chi connectivity index (χ4n) is 4.74. The molecule has 1 aromatic carbocycles. The van der Waals surface area contributed by atoms with Gasteiger partial charge in [-0.2, -0.15) is 9.97 Å². The van der Waals surface area contributed by atoms with Gasteiger partial charge in [-0.05, 0) is 38.1 Å². The highest BCUT2D eigenvalue weighted by molar-refractivity contribution is 5.90. The third-order valence-electron chi connectivity index (χ3n) is 6.81. The van der Waals surface area contributed by atoms with Crippen LogP contribution in [0.15, 0.2) is 36.4 Å². The molecule has 9 nitrogen and oxygen atoms in total. The number of hydrogen-bond donors (Lipinski definition) is 1.